The lowest BCUT2D eigenvalue weighted by atomic mass is 9.85. The van der Waals surface area contributed by atoms with E-state index in [1.807, 2.05) is 31.2 Å². The minimum Gasteiger partial charge on any atom is -0.497 e. The maximum atomic E-state index is 15.1. The van der Waals surface area contributed by atoms with Gasteiger partial charge < -0.3 is 29.7 Å². The second-order valence-corrected chi connectivity index (χ2v) is 20.3. The molecule has 0 radical (unpaired) electrons. The predicted molar refractivity (Wildman–Crippen MR) is 223 cm³/mol. The largest absolute Gasteiger partial charge is 0.497 e. The highest BCUT2D eigenvalue weighted by atomic mass is 32.2. The van der Waals surface area contributed by atoms with Crippen molar-refractivity contribution in [2.45, 2.75) is 127 Å². The SMILES string of the molecule is CCC1CC(C)CCC=CC2CC2(C(=O)NS(=O)(=O)C2(C)CC2)NC(=O)C2CC(Oc3ncc(-n4cccn4)c4cc(OC)ccc34)CN2C(=O)C1NC(=O)OC(C)(C)C. The standard InChI is InChI=1S/C43H57N7O9S/c1-8-27-20-26(2)12-9-10-13-28-23-43(28,39(53)48-60(55,56)42(6)16-17-42)47-36(51)33-22-30(25-49(33)38(52)35(27)46-40(54)59-41(3,4)5)58-37-31-15-14-29(57-7)21-32(31)34(24-44-37)50-19-11-18-45-50/h10-11,13-15,18-19,21,24,26-28,30,33,35H,8-9,12,16-17,20,22-23,25H2,1-7H3,(H,46,54)(H,47,51)(H,48,53). The average Bonchev–Trinajstić information content (AvgIpc) is 3.95. The van der Waals surface area contributed by atoms with Crippen LogP contribution in [0.2, 0.25) is 0 Å². The van der Waals surface area contributed by atoms with E-state index in [1.165, 1.54) is 4.90 Å². The van der Waals surface area contributed by atoms with E-state index in [4.69, 9.17) is 14.2 Å². The van der Waals surface area contributed by atoms with Gasteiger partial charge in [0.05, 0.1) is 30.3 Å². The number of ether oxygens (including phenoxy) is 3. The Morgan fingerprint density at radius 1 is 1.12 bits per heavy atom. The van der Waals surface area contributed by atoms with Crippen molar-refractivity contribution in [1.29, 1.82) is 0 Å². The lowest BCUT2D eigenvalue weighted by Crippen LogP contribution is -2.59. The summed E-state index contributed by atoms with van der Waals surface area (Å²) in [5, 5.41) is 11.6. The van der Waals surface area contributed by atoms with Crippen LogP contribution >= 0.6 is 0 Å². The molecule has 7 unspecified atom stereocenters. The Balaban J connectivity index is 1.26. The number of alkyl carbamates (subject to hydrolysis) is 1. The van der Waals surface area contributed by atoms with Crippen LogP contribution in [0.1, 0.15) is 92.9 Å². The molecule has 2 saturated carbocycles. The zero-order valence-electron chi connectivity index (χ0n) is 35.4. The lowest BCUT2D eigenvalue weighted by molar-refractivity contribution is -0.142. The van der Waals surface area contributed by atoms with E-state index in [-0.39, 0.29) is 37.1 Å². The van der Waals surface area contributed by atoms with Gasteiger partial charge in [-0.3, -0.25) is 19.1 Å². The minimum atomic E-state index is -4.02. The van der Waals surface area contributed by atoms with Crippen LogP contribution in [0.15, 0.2) is 55.0 Å². The number of aromatic nitrogens is 3. The summed E-state index contributed by atoms with van der Waals surface area (Å²) < 4.78 is 47.2. The van der Waals surface area contributed by atoms with Gasteiger partial charge in [0.15, 0.2) is 0 Å². The summed E-state index contributed by atoms with van der Waals surface area (Å²) >= 11 is 0. The number of pyridine rings is 1. The summed E-state index contributed by atoms with van der Waals surface area (Å²) in [5.74, 6) is -1.71. The highest BCUT2D eigenvalue weighted by molar-refractivity contribution is 7.91. The van der Waals surface area contributed by atoms with Crippen molar-refractivity contribution in [3.8, 4) is 17.3 Å². The first-order valence-corrected chi connectivity index (χ1v) is 22.3. The number of nitrogens with zero attached hydrogens (tertiary/aromatic N) is 4. The summed E-state index contributed by atoms with van der Waals surface area (Å²) in [6.07, 6.45) is 11.1. The number of hydrogen-bond donors (Lipinski definition) is 3. The van der Waals surface area contributed by atoms with Crippen molar-refractivity contribution in [1.82, 2.24) is 35.0 Å². The number of benzene rings is 1. The van der Waals surface area contributed by atoms with Crippen molar-refractivity contribution < 1.29 is 41.8 Å². The molecule has 3 fully saturated rings. The first-order chi connectivity index (χ1) is 28.4. The summed E-state index contributed by atoms with van der Waals surface area (Å²) in [4.78, 5) is 63.3. The van der Waals surface area contributed by atoms with Gasteiger partial charge in [-0.2, -0.15) is 5.10 Å². The second-order valence-electron chi connectivity index (χ2n) is 18.1. The highest BCUT2D eigenvalue weighted by Gasteiger charge is 2.63. The lowest BCUT2D eigenvalue weighted by Gasteiger charge is -2.34. The summed E-state index contributed by atoms with van der Waals surface area (Å²) in [5.41, 5.74) is -1.71. The number of amides is 4. The van der Waals surface area contributed by atoms with Crippen LogP contribution in [0.4, 0.5) is 4.79 Å². The molecule has 7 rings (SSSR count). The molecule has 7 atom stereocenters. The third-order valence-corrected chi connectivity index (χ3v) is 14.5. The molecule has 3 N–H and O–H groups in total. The van der Waals surface area contributed by atoms with Crippen LogP contribution in [-0.4, -0.2) is 99.6 Å². The third kappa shape index (κ3) is 8.82. The molecule has 1 saturated heterocycles. The number of methoxy groups -OCH3 is 1. The first kappa shape index (κ1) is 42.9. The highest BCUT2D eigenvalue weighted by Crippen LogP contribution is 2.48. The van der Waals surface area contributed by atoms with Crippen molar-refractivity contribution >= 4 is 44.6 Å². The molecule has 4 amide bonds. The van der Waals surface area contributed by atoms with E-state index in [1.54, 1.807) is 70.2 Å². The van der Waals surface area contributed by atoms with Gasteiger partial charge in [-0.25, -0.2) is 22.9 Å². The van der Waals surface area contributed by atoms with Crippen LogP contribution in [0, 0.1) is 17.8 Å². The van der Waals surface area contributed by atoms with E-state index >= 15 is 4.79 Å². The molecule has 2 aliphatic heterocycles. The summed E-state index contributed by atoms with van der Waals surface area (Å²) in [6.45, 7) is 10.8. The van der Waals surface area contributed by atoms with Gasteiger partial charge >= 0.3 is 6.09 Å². The number of fused-ring (bicyclic) bond motifs is 3. The Labute approximate surface area is 351 Å². The topological polar surface area (TPSA) is 200 Å². The van der Waals surface area contributed by atoms with E-state index in [0.717, 1.165) is 11.8 Å². The molecule has 0 bridgehead atoms. The first-order valence-electron chi connectivity index (χ1n) is 20.9. The van der Waals surface area contributed by atoms with Gasteiger partial charge in [-0.05, 0) is 102 Å². The zero-order valence-corrected chi connectivity index (χ0v) is 36.2. The Kier molecular flexibility index (Phi) is 11.7. The number of carbonyl (C=O) groups excluding carboxylic acids is 4. The molecule has 2 aromatic heterocycles. The molecular weight excluding hydrogens is 791 g/mol. The molecule has 0 spiro atoms. The van der Waals surface area contributed by atoms with Crippen LogP contribution in [0.3, 0.4) is 0 Å². The molecular formula is C43H57N7O9S. The quantitative estimate of drug-likeness (QED) is 0.246. The number of hydrogen-bond acceptors (Lipinski definition) is 11. The molecule has 16 nitrogen and oxygen atoms in total. The Bertz CT molecular complexity index is 2270. The molecule has 4 aliphatic rings. The van der Waals surface area contributed by atoms with Gasteiger partial charge in [-0.15, -0.1) is 0 Å². The number of carbonyl (C=O) groups is 4. The van der Waals surface area contributed by atoms with Crippen molar-refractivity contribution in [3.05, 3.63) is 55.0 Å². The summed E-state index contributed by atoms with van der Waals surface area (Å²) in [6, 6.07) is 5.04. The monoisotopic (exact) mass is 847 g/mol. The molecule has 60 heavy (non-hydrogen) atoms. The number of sulfonamides is 1. The maximum absolute atomic E-state index is 15.1. The molecule has 324 valence electrons. The summed E-state index contributed by atoms with van der Waals surface area (Å²) in [7, 11) is -2.45. The van der Waals surface area contributed by atoms with Gasteiger partial charge in [0, 0.05) is 35.5 Å². The van der Waals surface area contributed by atoms with E-state index in [9.17, 15) is 22.8 Å². The number of allylic oxidation sites excluding steroid dienone is 1. The smallest absolute Gasteiger partial charge is 0.408 e. The normalized spacial score (nSPS) is 28.0. The van der Waals surface area contributed by atoms with E-state index in [0.29, 0.717) is 48.9 Å². The van der Waals surface area contributed by atoms with Crippen LogP contribution in [0.5, 0.6) is 11.6 Å². The van der Waals surface area contributed by atoms with Crippen LogP contribution < -0.4 is 24.8 Å². The Morgan fingerprint density at radius 2 is 1.88 bits per heavy atom. The van der Waals surface area contributed by atoms with Gasteiger partial charge in [0.25, 0.3) is 5.91 Å². The fourth-order valence-electron chi connectivity index (χ4n) is 8.40. The van der Waals surface area contributed by atoms with Gasteiger partial charge in [-0.1, -0.05) is 32.4 Å². The maximum Gasteiger partial charge on any atom is 0.408 e. The molecule has 1 aromatic carbocycles. The van der Waals surface area contributed by atoms with E-state index < -0.39 is 73.8 Å². The fraction of sp³-hybridized carbons (Fsp3) is 0.581. The average molecular weight is 848 g/mol. The van der Waals surface area contributed by atoms with Crippen molar-refractivity contribution in [2.75, 3.05) is 13.7 Å². The third-order valence-electron chi connectivity index (χ3n) is 12.3. The fourth-order valence-corrected chi connectivity index (χ4v) is 9.72. The van der Waals surface area contributed by atoms with Crippen LogP contribution in [-0.2, 0) is 29.1 Å². The van der Waals surface area contributed by atoms with Crippen molar-refractivity contribution in [3.63, 3.8) is 0 Å². The number of rotatable bonds is 9. The molecule has 3 aromatic rings. The van der Waals surface area contributed by atoms with Crippen LogP contribution in [0.25, 0.3) is 16.5 Å². The van der Waals surface area contributed by atoms with Gasteiger partial charge in [0.2, 0.25) is 27.7 Å². The Morgan fingerprint density at radius 3 is 2.55 bits per heavy atom. The van der Waals surface area contributed by atoms with Gasteiger partial charge in [0.1, 0.15) is 35.1 Å². The van der Waals surface area contributed by atoms with E-state index in [2.05, 4.69) is 32.4 Å². The Hall–Kier alpha value is -5.19. The molecule has 4 heterocycles. The molecule has 2 aliphatic carbocycles. The predicted octanol–water partition coefficient (Wildman–Crippen LogP) is 4.95. The van der Waals surface area contributed by atoms with Crippen molar-refractivity contribution in [2.24, 2.45) is 17.8 Å². The minimum absolute atomic E-state index is 0.0126. The number of nitrogens with one attached hydrogen (secondary N) is 3. The zero-order chi connectivity index (χ0) is 43.2. The second kappa shape index (κ2) is 16.3. The molecule has 17 heteroatoms.